The van der Waals surface area contributed by atoms with Gasteiger partial charge in [-0.3, -0.25) is 4.57 Å². The van der Waals surface area contributed by atoms with E-state index in [2.05, 4.69) is 64.5 Å². The molecule has 0 amide bonds. The predicted molar refractivity (Wildman–Crippen MR) is 117 cm³/mol. The fourth-order valence-electron chi connectivity index (χ4n) is 5.06. The molecule has 0 saturated heterocycles. The average molecular weight is 389 g/mol. The lowest BCUT2D eigenvalue weighted by Crippen LogP contribution is -2.55. The van der Waals surface area contributed by atoms with E-state index in [9.17, 15) is 0 Å². The van der Waals surface area contributed by atoms with Gasteiger partial charge < -0.3 is 5.32 Å². The molecule has 2 aromatic heterocycles. The van der Waals surface area contributed by atoms with Crippen LogP contribution in [0.15, 0.2) is 54.6 Å². The van der Waals surface area contributed by atoms with E-state index in [0.29, 0.717) is 0 Å². The Bertz CT molecular complexity index is 1280. The summed E-state index contributed by atoms with van der Waals surface area (Å²) in [6.07, 6.45) is 4.12. The molecule has 4 heterocycles. The van der Waals surface area contributed by atoms with E-state index in [-0.39, 0.29) is 5.92 Å². The van der Waals surface area contributed by atoms with Gasteiger partial charge in [0, 0.05) is 21.4 Å². The van der Waals surface area contributed by atoms with Crippen molar-refractivity contribution in [1.29, 1.82) is 0 Å². The molecule has 2 aliphatic rings. The monoisotopic (exact) mass is 388 g/mol. The van der Waals surface area contributed by atoms with Gasteiger partial charge in [-0.15, -0.1) is 11.3 Å². The first-order valence-electron chi connectivity index (χ1n) is 9.74. The second kappa shape index (κ2) is 5.06. The third kappa shape index (κ3) is 1.77. The van der Waals surface area contributed by atoms with Gasteiger partial charge in [-0.2, -0.15) is 0 Å². The van der Waals surface area contributed by atoms with Crippen LogP contribution in [0.2, 0.25) is 0 Å². The Morgan fingerprint density at radius 3 is 2.75 bits per heavy atom. The van der Waals surface area contributed by atoms with E-state index in [1.165, 1.54) is 10.1 Å². The number of hydrogen-bond acceptors (Lipinski definition) is 2. The van der Waals surface area contributed by atoms with Crippen LogP contribution in [-0.2, 0) is 5.41 Å². The normalized spacial score (nSPS) is 24.6. The van der Waals surface area contributed by atoms with Gasteiger partial charge in [0.2, 0.25) is 0 Å². The van der Waals surface area contributed by atoms with Gasteiger partial charge in [-0.25, -0.2) is 4.39 Å². The molecular formula is C24H21FN2S. The number of nitrogens with zero attached hydrogens (tertiary/aromatic N) is 1. The topological polar surface area (TPSA) is 17.0 Å². The summed E-state index contributed by atoms with van der Waals surface area (Å²) in [5, 5.41) is 6.88. The Morgan fingerprint density at radius 2 is 1.93 bits per heavy atom. The van der Waals surface area contributed by atoms with Gasteiger partial charge in [-0.1, -0.05) is 57.2 Å². The number of benzene rings is 2. The molecule has 0 radical (unpaired) electrons. The van der Waals surface area contributed by atoms with Crippen molar-refractivity contribution in [1.82, 2.24) is 4.57 Å². The standard InChI is InChI=1S/C24H21FN2S/c1-14-11-12-18-22-21-16(23(2,3)24(14,25)26-22)8-6-9-17(21)27(18)20-13-15-7-4-5-10-19(15)28-20/h4-14,26H,1-3H3/t14?,24-/m1/s1. The number of rotatable bonds is 1. The largest absolute Gasteiger partial charge is 0.350 e. The first kappa shape index (κ1) is 16.4. The lowest BCUT2D eigenvalue weighted by atomic mass is 9.68. The number of fused-ring (bicyclic) bond motifs is 2. The molecule has 0 saturated carbocycles. The van der Waals surface area contributed by atoms with Crippen molar-refractivity contribution in [2.75, 3.05) is 5.32 Å². The summed E-state index contributed by atoms with van der Waals surface area (Å²) in [6, 6.07) is 17.0. The molecule has 0 spiro atoms. The SMILES string of the molecule is CC1C=Cc2c3c4c(cccc4n2-c2cc4ccccc4s2)C(C)(C)[C@]1(F)N3. The average Bonchev–Trinajstić information content (AvgIpc) is 3.20. The second-order valence-corrected chi connectivity index (χ2v) is 9.59. The highest BCUT2D eigenvalue weighted by Gasteiger charge is 2.55. The molecule has 140 valence electrons. The van der Waals surface area contributed by atoms with Gasteiger partial charge in [0.05, 0.1) is 16.9 Å². The molecule has 4 heteroatoms. The van der Waals surface area contributed by atoms with Gasteiger partial charge >= 0.3 is 0 Å². The van der Waals surface area contributed by atoms with Crippen LogP contribution >= 0.6 is 11.3 Å². The summed E-state index contributed by atoms with van der Waals surface area (Å²) < 4.78 is 20.0. The maximum atomic E-state index is 16.4. The molecule has 2 bridgehead atoms. The summed E-state index contributed by atoms with van der Waals surface area (Å²) in [6.45, 7) is 6.00. The zero-order chi connectivity index (χ0) is 19.3. The van der Waals surface area contributed by atoms with E-state index in [1.54, 1.807) is 11.3 Å². The molecule has 1 unspecified atom stereocenters. The Balaban J connectivity index is 1.77. The Labute approximate surface area is 167 Å². The minimum absolute atomic E-state index is 0.242. The highest BCUT2D eigenvalue weighted by molar-refractivity contribution is 7.21. The molecule has 4 aromatic rings. The molecule has 0 aliphatic carbocycles. The van der Waals surface area contributed by atoms with Gasteiger partial charge in [0.1, 0.15) is 5.00 Å². The minimum Gasteiger partial charge on any atom is -0.350 e. The van der Waals surface area contributed by atoms with Crippen molar-refractivity contribution in [2.45, 2.75) is 32.0 Å². The number of halogens is 1. The highest BCUT2D eigenvalue weighted by Crippen LogP contribution is 2.55. The maximum absolute atomic E-state index is 16.4. The fraction of sp³-hybridized carbons (Fsp3) is 0.250. The quantitative estimate of drug-likeness (QED) is 0.352. The second-order valence-electron chi connectivity index (χ2n) is 8.53. The van der Waals surface area contributed by atoms with Gasteiger partial charge in [0.25, 0.3) is 0 Å². The number of nitrogens with one attached hydrogen (secondary N) is 1. The first-order valence-corrected chi connectivity index (χ1v) is 10.6. The van der Waals surface area contributed by atoms with E-state index >= 15 is 4.39 Å². The van der Waals surface area contributed by atoms with Crippen molar-refractivity contribution in [2.24, 2.45) is 5.92 Å². The van der Waals surface area contributed by atoms with Crippen molar-refractivity contribution in [3.05, 3.63) is 65.9 Å². The summed E-state index contributed by atoms with van der Waals surface area (Å²) >= 11 is 1.78. The molecule has 2 nitrogen and oxygen atoms in total. The summed E-state index contributed by atoms with van der Waals surface area (Å²) in [4.78, 5) is 0. The highest BCUT2D eigenvalue weighted by atomic mass is 32.1. The van der Waals surface area contributed by atoms with E-state index < -0.39 is 11.2 Å². The maximum Gasteiger partial charge on any atom is 0.195 e. The number of hydrogen-bond donors (Lipinski definition) is 1. The molecule has 2 atom stereocenters. The fourth-order valence-corrected chi connectivity index (χ4v) is 6.16. The van der Waals surface area contributed by atoms with Crippen LogP contribution in [0, 0.1) is 5.92 Å². The van der Waals surface area contributed by atoms with Gasteiger partial charge in [-0.05, 0) is 35.2 Å². The molecule has 0 fully saturated rings. The van der Waals surface area contributed by atoms with Crippen LogP contribution in [0.1, 0.15) is 32.0 Å². The van der Waals surface area contributed by atoms with E-state index in [1.807, 2.05) is 26.8 Å². The van der Waals surface area contributed by atoms with Crippen molar-refractivity contribution in [3.8, 4) is 5.00 Å². The van der Waals surface area contributed by atoms with E-state index in [4.69, 9.17) is 0 Å². The predicted octanol–water partition coefficient (Wildman–Crippen LogP) is 6.88. The molecular weight excluding hydrogens is 367 g/mol. The van der Waals surface area contributed by atoms with Crippen LogP contribution in [0.5, 0.6) is 0 Å². The molecule has 6 rings (SSSR count). The third-order valence-electron chi connectivity index (χ3n) is 6.72. The van der Waals surface area contributed by atoms with Crippen LogP contribution in [0.3, 0.4) is 0 Å². The van der Waals surface area contributed by atoms with Gasteiger partial charge in [0.15, 0.2) is 5.79 Å². The van der Waals surface area contributed by atoms with E-state index in [0.717, 1.165) is 32.8 Å². The molecule has 1 N–H and O–H groups in total. The summed E-state index contributed by atoms with van der Waals surface area (Å²) in [5.41, 5.74) is 3.53. The zero-order valence-electron chi connectivity index (χ0n) is 16.1. The summed E-state index contributed by atoms with van der Waals surface area (Å²) in [5.74, 6) is -1.77. The van der Waals surface area contributed by atoms with Crippen LogP contribution in [-0.4, -0.2) is 10.4 Å². The molecule has 2 aliphatic heterocycles. The lowest BCUT2D eigenvalue weighted by molar-refractivity contribution is 0.0626. The minimum atomic E-state index is -1.53. The first-order chi connectivity index (χ1) is 13.4. The van der Waals surface area contributed by atoms with Crippen LogP contribution in [0.4, 0.5) is 10.1 Å². The lowest BCUT2D eigenvalue weighted by Gasteiger charge is -2.47. The van der Waals surface area contributed by atoms with Crippen molar-refractivity contribution in [3.63, 3.8) is 0 Å². The third-order valence-corrected chi connectivity index (χ3v) is 7.82. The smallest absolute Gasteiger partial charge is 0.195 e. The number of alkyl halides is 1. The van der Waals surface area contributed by atoms with Crippen LogP contribution < -0.4 is 5.32 Å². The number of aromatic nitrogens is 1. The Morgan fingerprint density at radius 1 is 1.11 bits per heavy atom. The molecule has 28 heavy (non-hydrogen) atoms. The van der Waals surface area contributed by atoms with Crippen molar-refractivity contribution < 1.29 is 4.39 Å². The Hall–Kier alpha value is -2.59. The number of thiophene rings is 1. The summed E-state index contributed by atoms with van der Waals surface area (Å²) in [7, 11) is 0. The zero-order valence-corrected chi connectivity index (χ0v) is 16.9. The van der Waals surface area contributed by atoms with Crippen molar-refractivity contribution >= 4 is 44.1 Å². The molecule has 2 aromatic carbocycles. The van der Waals surface area contributed by atoms with Crippen LogP contribution in [0.25, 0.3) is 32.1 Å². The number of anilines is 1. The Kier molecular flexibility index (Phi) is 2.96.